The van der Waals surface area contributed by atoms with Crippen LogP contribution in [0.3, 0.4) is 0 Å². The lowest BCUT2D eigenvalue weighted by atomic mass is 9.98. The summed E-state index contributed by atoms with van der Waals surface area (Å²) in [6, 6.07) is 0. The van der Waals surface area contributed by atoms with E-state index in [0.29, 0.717) is 19.7 Å². The van der Waals surface area contributed by atoms with E-state index in [1.54, 1.807) is 12.0 Å². The van der Waals surface area contributed by atoms with E-state index in [0.717, 1.165) is 25.7 Å². The number of methoxy groups -OCH3 is 1. The first-order chi connectivity index (χ1) is 8.29. The standard InChI is InChI=1S/C13H25NO3/c1-17-11-9-14(8-10-15)13(16)12-6-4-2-3-5-7-12/h12,15H,2-11H2,1H3. The molecule has 0 atom stereocenters. The van der Waals surface area contributed by atoms with Gasteiger partial charge in [0.2, 0.25) is 5.91 Å². The van der Waals surface area contributed by atoms with Crippen LogP contribution in [-0.4, -0.2) is 49.3 Å². The molecule has 1 rings (SSSR count). The molecule has 100 valence electrons. The molecule has 17 heavy (non-hydrogen) atoms. The van der Waals surface area contributed by atoms with Crippen molar-refractivity contribution in [3.05, 3.63) is 0 Å². The number of carbonyl (C=O) groups is 1. The summed E-state index contributed by atoms with van der Waals surface area (Å²) >= 11 is 0. The average molecular weight is 243 g/mol. The summed E-state index contributed by atoms with van der Waals surface area (Å²) in [5.74, 6) is 0.374. The van der Waals surface area contributed by atoms with Gasteiger partial charge in [-0.15, -0.1) is 0 Å². The normalized spacial score (nSPS) is 17.8. The van der Waals surface area contributed by atoms with Crippen molar-refractivity contribution in [2.75, 3.05) is 33.4 Å². The van der Waals surface area contributed by atoms with Gasteiger partial charge < -0.3 is 14.7 Å². The van der Waals surface area contributed by atoms with Gasteiger partial charge in [0, 0.05) is 26.1 Å². The van der Waals surface area contributed by atoms with Crippen LogP contribution in [0, 0.1) is 5.92 Å². The highest BCUT2D eigenvalue weighted by molar-refractivity contribution is 5.78. The van der Waals surface area contributed by atoms with Gasteiger partial charge in [-0.25, -0.2) is 0 Å². The minimum Gasteiger partial charge on any atom is -0.395 e. The number of ether oxygens (including phenoxy) is 1. The van der Waals surface area contributed by atoms with Crippen LogP contribution in [-0.2, 0) is 9.53 Å². The second-order valence-corrected chi connectivity index (χ2v) is 4.73. The first kappa shape index (κ1) is 14.5. The zero-order chi connectivity index (χ0) is 12.5. The molecule has 0 aromatic carbocycles. The highest BCUT2D eigenvalue weighted by Crippen LogP contribution is 2.24. The van der Waals surface area contributed by atoms with Crippen LogP contribution in [0.5, 0.6) is 0 Å². The molecule has 1 aliphatic carbocycles. The zero-order valence-electron chi connectivity index (χ0n) is 10.9. The van der Waals surface area contributed by atoms with Gasteiger partial charge in [0.1, 0.15) is 0 Å². The van der Waals surface area contributed by atoms with E-state index in [1.807, 2.05) is 0 Å². The SMILES string of the molecule is COCCN(CCO)C(=O)C1CCCCCC1. The summed E-state index contributed by atoms with van der Waals surface area (Å²) in [5, 5.41) is 9.00. The third kappa shape index (κ3) is 5.04. The van der Waals surface area contributed by atoms with Crippen LogP contribution in [0.25, 0.3) is 0 Å². The second kappa shape index (κ2) is 8.48. The van der Waals surface area contributed by atoms with Crippen LogP contribution < -0.4 is 0 Å². The molecular weight excluding hydrogens is 218 g/mol. The lowest BCUT2D eigenvalue weighted by molar-refractivity contribution is -0.137. The van der Waals surface area contributed by atoms with Crippen molar-refractivity contribution >= 4 is 5.91 Å². The Morgan fingerprint density at radius 2 is 1.88 bits per heavy atom. The van der Waals surface area contributed by atoms with Gasteiger partial charge in [-0.05, 0) is 12.8 Å². The average Bonchev–Trinajstić information content (AvgIpc) is 2.62. The fourth-order valence-corrected chi connectivity index (χ4v) is 2.44. The number of nitrogens with zero attached hydrogens (tertiary/aromatic N) is 1. The van der Waals surface area contributed by atoms with Gasteiger partial charge in [-0.3, -0.25) is 4.79 Å². The number of carbonyl (C=O) groups excluding carboxylic acids is 1. The molecule has 0 spiro atoms. The van der Waals surface area contributed by atoms with Gasteiger partial charge >= 0.3 is 0 Å². The van der Waals surface area contributed by atoms with Crippen LogP contribution in [0.15, 0.2) is 0 Å². The Bertz CT molecular complexity index is 213. The molecule has 0 heterocycles. The maximum atomic E-state index is 12.3. The lowest BCUT2D eigenvalue weighted by Crippen LogP contribution is -2.40. The summed E-state index contributed by atoms with van der Waals surface area (Å²) < 4.78 is 5.01. The molecule has 1 saturated carbocycles. The third-order valence-corrected chi connectivity index (χ3v) is 3.45. The molecule has 0 unspecified atom stereocenters. The Labute approximate surface area is 104 Å². The van der Waals surface area contributed by atoms with Gasteiger partial charge in [-0.1, -0.05) is 25.7 Å². The van der Waals surface area contributed by atoms with Crippen molar-refractivity contribution in [3.63, 3.8) is 0 Å². The number of aliphatic hydroxyl groups is 1. The van der Waals surface area contributed by atoms with Crippen LogP contribution >= 0.6 is 0 Å². The molecule has 1 N–H and O–H groups in total. The minimum absolute atomic E-state index is 0.0299. The van der Waals surface area contributed by atoms with E-state index >= 15 is 0 Å². The van der Waals surface area contributed by atoms with Crippen molar-refractivity contribution in [2.45, 2.75) is 38.5 Å². The van der Waals surface area contributed by atoms with Gasteiger partial charge in [0.25, 0.3) is 0 Å². The second-order valence-electron chi connectivity index (χ2n) is 4.73. The fraction of sp³-hybridized carbons (Fsp3) is 0.923. The van der Waals surface area contributed by atoms with E-state index in [4.69, 9.17) is 9.84 Å². The molecule has 1 fully saturated rings. The molecule has 0 radical (unpaired) electrons. The maximum Gasteiger partial charge on any atom is 0.225 e. The summed E-state index contributed by atoms with van der Waals surface area (Å²) in [6.45, 7) is 1.59. The highest BCUT2D eigenvalue weighted by Gasteiger charge is 2.24. The van der Waals surface area contributed by atoms with Crippen molar-refractivity contribution in [2.24, 2.45) is 5.92 Å². The Morgan fingerprint density at radius 1 is 1.24 bits per heavy atom. The van der Waals surface area contributed by atoms with Crippen molar-refractivity contribution in [1.82, 2.24) is 4.90 Å². The van der Waals surface area contributed by atoms with Crippen LogP contribution in [0.2, 0.25) is 0 Å². The number of hydrogen-bond donors (Lipinski definition) is 1. The smallest absolute Gasteiger partial charge is 0.225 e. The van der Waals surface area contributed by atoms with Gasteiger partial charge in [0.05, 0.1) is 13.2 Å². The van der Waals surface area contributed by atoms with Crippen molar-refractivity contribution < 1.29 is 14.6 Å². The predicted molar refractivity (Wildman–Crippen MR) is 66.7 cm³/mol. The maximum absolute atomic E-state index is 12.3. The van der Waals surface area contributed by atoms with Crippen LogP contribution in [0.4, 0.5) is 0 Å². The minimum atomic E-state index is 0.0299. The predicted octanol–water partition coefficient (Wildman–Crippen LogP) is 1.42. The molecule has 1 aliphatic rings. The lowest BCUT2D eigenvalue weighted by Gasteiger charge is -2.26. The fourth-order valence-electron chi connectivity index (χ4n) is 2.44. The Morgan fingerprint density at radius 3 is 2.41 bits per heavy atom. The molecule has 1 amide bonds. The molecule has 0 aliphatic heterocycles. The van der Waals surface area contributed by atoms with Crippen LogP contribution in [0.1, 0.15) is 38.5 Å². The molecule has 0 aromatic heterocycles. The largest absolute Gasteiger partial charge is 0.395 e. The number of aliphatic hydroxyl groups excluding tert-OH is 1. The molecule has 0 aromatic rings. The quantitative estimate of drug-likeness (QED) is 0.718. The third-order valence-electron chi connectivity index (χ3n) is 3.45. The molecule has 4 nitrogen and oxygen atoms in total. The van der Waals surface area contributed by atoms with E-state index < -0.39 is 0 Å². The van der Waals surface area contributed by atoms with Crippen molar-refractivity contribution in [3.8, 4) is 0 Å². The number of amides is 1. The molecular formula is C13H25NO3. The van der Waals surface area contributed by atoms with E-state index in [1.165, 1.54) is 12.8 Å². The van der Waals surface area contributed by atoms with E-state index in [9.17, 15) is 4.79 Å². The topological polar surface area (TPSA) is 49.8 Å². The summed E-state index contributed by atoms with van der Waals surface area (Å²) in [6.07, 6.45) is 6.84. The first-order valence-corrected chi connectivity index (χ1v) is 6.68. The zero-order valence-corrected chi connectivity index (χ0v) is 10.9. The van der Waals surface area contributed by atoms with Gasteiger partial charge in [0.15, 0.2) is 0 Å². The summed E-state index contributed by atoms with van der Waals surface area (Å²) in [7, 11) is 1.63. The monoisotopic (exact) mass is 243 g/mol. The number of rotatable bonds is 6. The van der Waals surface area contributed by atoms with E-state index in [2.05, 4.69) is 0 Å². The Hall–Kier alpha value is -0.610. The highest BCUT2D eigenvalue weighted by atomic mass is 16.5. The molecule has 0 bridgehead atoms. The van der Waals surface area contributed by atoms with E-state index in [-0.39, 0.29) is 18.4 Å². The molecule has 0 saturated heterocycles. The summed E-state index contributed by atoms with van der Waals surface area (Å²) in [4.78, 5) is 14.1. The van der Waals surface area contributed by atoms with Gasteiger partial charge in [-0.2, -0.15) is 0 Å². The first-order valence-electron chi connectivity index (χ1n) is 6.68. The molecule has 4 heteroatoms. The number of hydrogen-bond acceptors (Lipinski definition) is 3. The Kier molecular flexibility index (Phi) is 7.21. The van der Waals surface area contributed by atoms with Crippen molar-refractivity contribution in [1.29, 1.82) is 0 Å². The summed E-state index contributed by atoms with van der Waals surface area (Å²) in [5.41, 5.74) is 0. The Balaban J connectivity index is 2.48.